The Kier molecular flexibility index (Phi) is 13.9. The van der Waals surface area contributed by atoms with Crippen molar-refractivity contribution in [1.29, 1.82) is 0 Å². The van der Waals surface area contributed by atoms with E-state index in [1.165, 1.54) is 0 Å². The zero-order valence-electron chi connectivity index (χ0n) is 25.8. The number of ether oxygens (including phenoxy) is 9. The van der Waals surface area contributed by atoms with Gasteiger partial charge >= 0.3 is 47.9 Å². The molecule has 0 radical (unpaired) electrons. The minimum Gasteiger partial charge on any atom is -0.456 e. The normalized spacial score (nSPS) is 30.6. The van der Waals surface area contributed by atoms with E-state index in [4.69, 9.17) is 42.6 Å². The Bertz CT molecular complexity index is 1200. The largest absolute Gasteiger partial charge is 0.471 e. The quantitative estimate of drug-likeness (QED) is 0.190. The molecule has 0 aromatic carbocycles. The third-order valence-corrected chi connectivity index (χ3v) is 6.16. The molecule has 2 aliphatic heterocycles. The number of carbonyl (C=O) groups excluding carboxylic acids is 7. The van der Waals surface area contributed by atoms with Crippen LogP contribution in [0.25, 0.3) is 0 Å². The molecule has 18 nitrogen and oxygen atoms in total. The molecular weight excluding hydrogens is 655 g/mol. The maximum atomic E-state index is 12.9. The van der Waals surface area contributed by atoms with Crippen LogP contribution in [0, 0.1) is 0 Å². The van der Waals surface area contributed by atoms with E-state index in [0.717, 1.165) is 41.5 Å². The number of halogens is 3. The molecule has 1 amide bonds. The van der Waals surface area contributed by atoms with Crippen molar-refractivity contribution >= 4 is 41.7 Å². The topological polar surface area (TPSA) is 235 Å². The highest BCUT2D eigenvalue weighted by atomic mass is 19.4. The average Bonchev–Trinajstić information content (AvgIpc) is 2.90. The molecule has 266 valence electrons. The van der Waals surface area contributed by atoms with Gasteiger partial charge in [0.1, 0.15) is 12.2 Å². The first-order chi connectivity index (χ1) is 21.7. The monoisotopic (exact) mass is 689 g/mol. The number of rotatable bonds is 11. The van der Waals surface area contributed by atoms with E-state index < -0.39 is 122 Å². The first-order valence-electron chi connectivity index (χ1n) is 13.7. The number of hydrogen-bond donors (Lipinski definition) is 2. The highest BCUT2D eigenvalue weighted by Gasteiger charge is 2.55. The lowest BCUT2D eigenvalue weighted by atomic mass is 9.97. The fraction of sp³-hybridized carbons (Fsp3) is 0.731. The van der Waals surface area contributed by atoms with Crippen LogP contribution in [0.3, 0.4) is 0 Å². The van der Waals surface area contributed by atoms with Crippen molar-refractivity contribution in [2.75, 3.05) is 13.2 Å². The minimum absolute atomic E-state index is 0.811. The Morgan fingerprint density at radius 2 is 0.979 bits per heavy atom. The first kappa shape index (κ1) is 39.1. The summed E-state index contributed by atoms with van der Waals surface area (Å²) in [5, 5.41) is 12.1. The summed E-state index contributed by atoms with van der Waals surface area (Å²) in [6.45, 7) is 3.83. The van der Waals surface area contributed by atoms with Gasteiger partial charge in [0.05, 0.1) is 6.61 Å². The molecule has 2 saturated heterocycles. The first-order valence-corrected chi connectivity index (χ1v) is 13.7. The number of hydrogen-bond acceptors (Lipinski definition) is 17. The zero-order valence-corrected chi connectivity index (χ0v) is 25.8. The Balaban J connectivity index is 2.51. The molecule has 0 unspecified atom stereocenters. The molecule has 0 spiro atoms. The summed E-state index contributed by atoms with van der Waals surface area (Å²) in [6.07, 6.45) is -22.9. The fourth-order valence-electron chi connectivity index (χ4n) is 4.64. The van der Waals surface area contributed by atoms with E-state index in [1.54, 1.807) is 5.32 Å². The summed E-state index contributed by atoms with van der Waals surface area (Å²) < 4.78 is 86.5. The molecule has 0 aromatic heterocycles. The van der Waals surface area contributed by atoms with E-state index in [0.29, 0.717) is 0 Å². The predicted molar refractivity (Wildman–Crippen MR) is 138 cm³/mol. The number of nitrogens with one attached hydrogen (secondary N) is 1. The van der Waals surface area contributed by atoms with Crippen LogP contribution in [-0.4, -0.2) is 128 Å². The van der Waals surface area contributed by atoms with Gasteiger partial charge in [-0.1, -0.05) is 0 Å². The third kappa shape index (κ3) is 11.6. The SMILES string of the molecule is CC(=O)O[C@@H]1[C@@H](OC(C)=O)[C@H](O)O[C@H](CO[C@@H]2O[C@H](CNC(=O)C(F)(F)F)[C@@H](OC(C)=O)[C@H](OC(C)=O)[C@H]2OC(C)=O)[C@H]1OC(C)=O. The van der Waals surface area contributed by atoms with Crippen molar-refractivity contribution in [3.8, 4) is 0 Å². The molecule has 0 aliphatic carbocycles. The van der Waals surface area contributed by atoms with Crippen LogP contribution in [0.1, 0.15) is 41.5 Å². The molecule has 2 aliphatic rings. The summed E-state index contributed by atoms with van der Waals surface area (Å²) in [4.78, 5) is 83.0. The summed E-state index contributed by atoms with van der Waals surface area (Å²) >= 11 is 0. The predicted octanol–water partition coefficient (Wildman–Crippen LogP) is -1.29. The van der Waals surface area contributed by atoms with E-state index in [-0.39, 0.29) is 0 Å². The fourth-order valence-corrected chi connectivity index (χ4v) is 4.64. The van der Waals surface area contributed by atoms with E-state index in [2.05, 4.69) is 0 Å². The zero-order chi connectivity index (χ0) is 35.8. The van der Waals surface area contributed by atoms with Gasteiger partial charge in [-0.25, -0.2) is 0 Å². The summed E-state index contributed by atoms with van der Waals surface area (Å²) in [5.74, 6) is -8.32. The van der Waals surface area contributed by atoms with E-state index >= 15 is 0 Å². The van der Waals surface area contributed by atoms with Crippen LogP contribution in [0.4, 0.5) is 13.2 Å². The molecule has 47 heavy (non-hydrogen) atoms. The van der Waals surface area contributed by atoms with Gasteiger partial charge in [0, 0.05) is 48.1 Å². The van der Waals surface area contributed by atoms with Crippen molar-refractivity contribution in [2.24, 2.45) is 0 Å². The van der Waals surface area contributed by atoms with Gasteiger partial charge in [-0.05, 0) is 0 Å². The standard InChI is InChI=1S/C26H34F3NO17/c1-9(31)40-17-15(7-30-25(38)26(27,28)29)47-24(22(45-14(6)36)20(17)43-12(4)34)39-8-16-18(41-10(2)32)19(42-11(3)33)21(23(37)46-16)44-13(5)35/h15-24,37H,7-8H2,1-6H3,(H,30,38)/t15-,16-,17-,18-,19+,20+,21-,22-,23-,24-/m1/s1. The number of alkyl halides is 3. The third-order valence-electron chi connectivity index (χ3n) is 6.16. The molecule has 2 rings (SSSR count). The molecular formula is C26H34F3NO17. The molecule has 2 heterocycles. The maximum Gasteiger partial charge on any atom is 0.471 e. The molecule has 0 bridgehead atoms. The Morgan fingerprint density at radius 3 is 1.43 bits per heavy atom. The lowest BCUT2D eigenvalue weighted by molar-refractivity contribution is -0.327. The molecule has 2 N–H and O–H groups in total. The van der Waals surface area contributed by atoms with Crippen molar-refractivity contribution in [2.45, 2.75) is 109 Å². The molecule has 0 saturated carbocycles. The van der Waals surface area contributed by atoms with Gasteiger partial charge in [-0.3, -0.25) is 33.6 Å². The highest BCUT2D eigenvalue weighted by molar-refractivity contribution is 5.81. The highest BCUT2D eigenvalue weighted by Crippen LogP contribution is 2.32. The second-order valence-corrected chi connectivity index (χ2v) is 10.1. The number of aliphatic hydroxyl groups is 1. The van der Waals surface area contributed by atoms with Gasteiger partial charge in [0.15, 0.2) is 49.2 Å². The molecule has 10 atom stereocenters. The van der Waals surface area contributed by atoms with Gasteiger partial charge in [0.25, 0.3) is 0 Å². The maximum absolute atomic E-state index is 12.9. The van der Waals surface area contributed by atoms with Gasteiger partial charge in [0.2, 0.25) is 0 Å². The summed E-state index contributed by atoms with van der Waals surface area (Å²) in [5.41, 5.74) is 0. The van der Waals surface area contributed by atoms with Gasteiger partial charge in [-0.15, -0.1) is 0 Å². The minimum atomic E-state index is -5.33. The second-order valence-electron chi connectivity index (χ2n) is 10.1. The summed E-state index contributed by atoms with van der Waals surface area (Å²) in [7, 11) is 0. The molecule has 0 aromatic rings. The number of aliphatic hydroxyl groups excluding tert-OH is 1. The second kappa shape index (κ2) is 16.7. The van der Waals surface area contributed by atoms with Crippen molar-refractivity contribution in [1.82, 2.24) is 5.32 Å². The van der Waals surface area contributed by atoms with Crippen LogP contribution in [-0.2, 0) is 76.2 Å². The van der Waals surface area contributed by atoms with Crippen molar-refractivity contribution in [3.63, 3.8) is 0 Å². The van der Waals surface area contributed by atoms with Crippen molar-refractivity contribution < 1.29 is 94.5 Å². The van der Waals surface area contributed by atoms with Crippen LogP contribution >= 0.6 is 0 Å². The molecule has 21 heteroatoms. The van der Waals surface area contributed by atoms with Crippen LogP contribution < -0.4 is 5.32 Å². The van der Waals surface area contributed by atoms with Crippen LogP contribution in [0.15, 0.2) is 0 Å². The van der Waals surface area contributed by atoms with Crippen LogP contribution in [0.2, 0.25) is 0 Å². The van der Waals surface area contributed by atoms with Crippen LogP contribution in [0.5, 0.6) is 0 Å². The van der Waals surface area contributed by atoms with Gasteiger partial charge in [-0.2, -0.15) is 13.2 Å². The lowest BCUT2D eigenvalue weighted by Crippen LogP contribution is -2.65. The number of amides is 1. The summed E-state index contributed by atoms with van der Waals surface area (Å²) in [6, 6.07) is 0. The average molecular weight is 690 g/mol. The van der Waals surface area contributed by atoms with E-state index in [1.807, 2.05) is 0 Å². The molecule has 2 fully saturated rings. The lowest BCUT2D eigenvalue weighted by Gasteiger charge is -2.46. The van der Waals surface area contributed by atoms with Crippen molar-refractivity contribution in [3.05, 3.63) is 0 Å². The smallest absolute Gasteiger partial charge is 0.456 e. The van der Waals surface area contributed by atoms with E-state index in [9.17, 15) is 51.8 Å². The Hall–Kier alpha value is -4.08. The number of esters is 6. The Labute approximate surface area is 264 Å². The number of carbonyl (C=O) groups is 7. The van der Waals surface area contributed by atoms with Gasteiger partial charge < -0.3 is 53.1 Å². The Morgan fingerprint density at radius 1 is 0.596 bits per heavy atom.